The van der Waals surface area contributed by atoms with Gasteiger partial charge in [-0.25, -0.2) is 4.79 Å². The van der Waals surface area contributed by atoms with E-state index in [1.807, 2.05) is 6.92 Å². The summed E-state index contributed by atoms with van der Waals surface area (Å²) in [6.07, 6.45) is 0.994. The summed E-state index contributed by atoms with van der Waals surface area (Å²) >= 11 is 0. The molecule has 4 atom stereocenters. The summed E-state index contributed by atoms with van der Waals surface area (Å²) < 4.78 is 0. The van der Waals surface area contributed by atoms with Crippen LogP contribution in [0.25, 0.3) is 0 Å². The van der Waals surface area contributed by atoms with Crippen molar-refractivity contribution in [3.63, 3.8) is 0 Å². The van der Waals surface area contributed by atoms with E-state index >= 15 is 0 Å². The summed E-state index contributed by atoms with van der Waals surface area (Å²) in [5.41, 5.74) is 10.4. The highest BCUT2D eigenvalue weighted by Gasteiger charge is 2.39. The minimum Gasteiger partial charge on any atom is -0.480 e. The van der Waals surface area contributed by atoms with E-state index in [2.05, 4.69) is 10.6 Å². The van der Waals surface area contributed by atoms with Crippen molar-refractivity contribution in [1.29, 1.82) is 0 Å². The second-order valence-electron chi connectivity index (χ2n) is 6.89. The predicted octanol–water partition coefficient (Wildman–Crippen LogP) is -2.09. The number of aliphatic carboxylic acids is 1. The highest BCUT2D eigenvalue weighted by molar-refractivity contribution is 5.96. The van der Waals surface area contributed by atoms with E-state index in [1.54, 1.807) is 6.92 Å². The average molecular weight is 399 g/mol. The average Bonchev–Trinajstić information content (AvgIpc) is 3.13. The summed E-state index contributed by atoms with van der Waals surface area (Å²) in [6, 6.07) is -3.19. The number of primary amides is 1. The van der Waals surface area contributed by atoms with E-state index in [1.165, 1.54) is 4.90 Å². The Kier molecular flexibility index (Phi) is 8.83. The Bertz CT molecular complexity index is 625. The Morgan fingerprint density at radius 2 is 1.86 bits per heavy atom. The first-order chi connectivity index (χ1) is 13.1. The van der Waals surface area contributed by atoms with Crippen molar-refractivity contribution in [2.45, 2.75) is 57.7 Å². The quantitative estimate of drug-likeness (QED) is 0.279. The van der Waals surface area contributed by atoms with Gasteiger partial charge in [-0.05, 0) is 18.8 Å². The van der Waals surface area contributed by atoms with Crippen molar-refractivity contribution >= 4 is 29.6 Å². The largest absolute Gasteiger partial charge is 0.480 e. The Morgan fingerprint density at radius 3 is 2.36 bits per heavy atom. The zero-order valence-electron chi connectivity index (χ0n) is 16.1. The van der Waals surface area contributed by atoms with Gasteiger partial charge in [0.25, 0.3) is 0 Å². The van der Waals surface area contributed by atoms with E-state index < -0.39 is 54.1 Å². The third-order valence-corrected chi connectivity index (χ3v) is 4.84. The molecular weight excluding hydrogens is 370 g/mol. The number of likely N-dealkylation sites (tertiary alicyclic amines) is 1. The molecule has 0 bridgehead atoms. The summed E-state index contributed by atoms with van der Waals surface area (Å²) in [5, 5.41) is 14.2. The first-order valence-electron chi connectivity index (χ1n) is 9.23. The molecule has 0 aliphatic carbocycles. The monoisotopic (exact) mass is 399 g/mol. The first-order valence-corrected chi connectivity index (χ1v) is 9.23. The van der Waals surface area contributed by atoms with Crippen LogP contribution in [0.4, 0.5) is 0 Å². The molecular formula is C17H29N5O6. The minimum absolute atomic E-state index is 0.242. The van der Waals surface area contributed by atoms with Gasteiger partial charge >= 0.3 is 5.97 Å². The summed E-state index contributed by atoms with van der Waals surface area (Å²) in [7, 11) is 0. The molecule has 4 unspecified atom stereocenters. The van der Waals surface area contributed by atoms with Crippen LogP contribution in [0.1, 0.15) is 39.5 Å². The van der Waals surface area contributed by atoms with Crippen LogP contribution >= 0.6 is 0 Å². The van der Waals surface area contributed by atoms with Gasteiger partial charge in [-0.2, -0.15) is 0 Å². The van der Waals surface area contributed by atoms with Crippen molar-refractivity contribution in [2.75, 3.05) is 13.1 Å². The molecule has 0 aromatic carbocycles. The van der Waals surface area contributed by atoms with Crippen LogP contribution in [0.15, 0.2) is 0 Å². The SMILES string of the molecule is CCC(C)C(NC(=O)C1CCCN1C(=O)C(CC(N)=O)NC(=O)CN)C(=O)O. The molecule has 0 aromatic heterocycles. The fourth-order valence-corrected chi connectivity index (χ4v) is 3.09. The molecule has 0 spiro atoms. The molecule has 4 amide bonds. The van der Waals surface area contributed by atoms with Crippen LogP contribution in [0, 0.1) is 5.92 Å². The second kappa shape index (κ2) is 10.6. The topological polar surface area (TPSA) is 185 Å². The lowest BCUT2D eigenvalue weighted by Crippen LogP contribution is -2.57. The van der Waals surface area contributed by atoms with Gasteiger partial charge in [0, 0.05) is 6.54 Å². The number of carbonyl (C=O) groups excluding carboxylic acids is 4. The Hall–Kier alpha value is -2.69. The molecule has 0 saturated carbocycles. The molecule has 1 aliphatic heterocycles. The van der Waals surface area contributed by atoms with Crippen LogP contribution in [-0.4, -0.2) is 70.8 Å². The maximum Gasteiger partial charge on any atom is 0.326 e. The number of nitrogens with zero attached hydrogens (tertiary/aromatic N) is 1. The number of rotatable bonds is 10. The van der Waals surface area contributed by atoms with Gasteiger partial charge in [0.1, 0.15) is 18.1 Å². The van der Waals surface area contributed by atoms with Crippen molar-refractivity contribution in [3.8, 4) is 0 Å². The minimum atomic E-state index is -1.23. The first kappa shape index (κ1) is 23.3. The number of carboxylic acids is 1. The van der Waals surface area contributed by atoms with Crippen molar-refractivity contribution in [3.05, 3.63) is 0 Å². The van der Waals surface area contributed by atoms with Gasteiger partial charge in [-0.15, -0.1) is 0 Å². The zero-order chi connectivity index (χ0) is 21.4. The fraction of sp³-hybridized carbons (Fsp3) is 0.706. The van der Waals surface area contributed by atoms with Gasteiger partial charge in [0.15, 0.2) is 0 Å². The number of carboxylic acid groups (broad SMARTS) is 1. The smallest absolute Gasteiger partial charge is 0.326 e. The number of hydrogen-bond acceptors (Lipinski definition) is 6. The van der Waals surface area contributed by atoms with E-state index in [0.717, 1.165) is 0 Å². The molecule has 11 heteroatoms. The third-order valence-electron chi connectivity index (χ3n) is 4.84. The van der Waals surface area contributed by atoms with Crippen LogP contribution in [0.2, 0.25) is 0 Å². The highest BCUT2D eigenvalue weighted by Crippen LogP contribution is 2.20. The maximum atomic E-state index is 12.8. The molecule has 1 fully saturated rings. The van der Waals surface area contributed by atoms with Gasteiger partial charge in [-0.3, -0.25) is 19.2 Å². The number of amides is 4. The molecule has 7 N–H and O–H groups in total. The van der Waals surface area contributed by atoms with Crippen molar-refractivity contribution in [2.24, 2.45) is 17.4 Å². The maximum absolute atomic E-state index is 12.8. The lowest BCUT2D eigenvalue weighted by molar-refractivity contribution is -0.146. The number of carbonyl (C=O) groups is 5. The Labute approximate surface area is 163 Å². The second-order valence-corrected chi connectivity index (χ2v) is 6.89. The van der Waals surface area contributed by atoms with E-state index in [9.17, 15) is 29.1 Å². The lowest BCUT2D eigenvalue weighted by Gasteiger charge is -2.29. The summed E-state index contributed by atoms with van der Waals surface area (Å²) in [4.78, 5) is 61.0. The van der Waals surface area contributed by atoms with E-state index in [4.69, 9.17) is 11.5 Å². The molecule has 11 nitrogen and oxygen atoms in total. The standard InChI is InChI=1S/C17H29N5O6/c1-3-9(2)14(17(27)28)21-15(25)11-5-4-6-22(11)16(26)10(7-12(19)23)20-13(24)8-18/h9-11,14H,3-8,18H2,1-2H3,(H2,19,23)(H,20,24)(H,21,25)(H,27,28). The Balaban J connectivity index is 2.94. The summed E-state index contributed by atoms with van der Waals surface area (Å²) in [5.74, 6) is -4.09. The normalized spacial score (nSPS) is 19.4. The predicted molar refractivity (Wildman–Crippen MR) is 98.6 cm³/mol. The number of nitrogens with two attached hydrogens (primary N) is 2. The highest BCUT2D eigenvalue weighted by atomic mass is 16.4. The van der Waals surface area contributed by atoms with Gasteiger partial charge in [-0.1, -0.05) is 20.3 Å². The van der Waals surface area contributed by atoms with Crippen molar-refractivity contribution in [1.82, 2.24) is 15.5 Å². The molecule has 158 valence electrons. The van der Waals surface area contributed by atoms with Crippen LogP contribution in [0.5, 0.6) is 0 Å². The molecule has 1 aliphatic rings. The van der Waals surface area contributed by atoms with Gasteiger partial charge in [0.05, 0.1) is 13.0 Å². The number of hydrogen-bond donors (Lipinski definition) is 5. The molecule has 1 heterocycles. The molecule has 0 aromatic rings. The Morgan fingerprint density at radius 1 is 1.21 bits per heavy atom. The zero-order valence-corrected chi connectivity index (χ0v) is 16.1. The van der Waals surface area contributed by atoms with Crippen LogP contribution < -0.4 is 22.1 Å². The number of nitrogens with one attached hydrogen (secondary N) is 2. The molecule has 0 radical (unpaired) electrons. The fourth-order valence-electron chi connectivity index (χ4n) is 3.09. The lowest BCUT2D eigenvalue weighted by atomic mass is 9.98. The molecule has 1 saturated heterocycles. The van der Waals surface area contributed by atoms with Crippen LogP contribution in [-0.2, 0) is 24.0 Å². The molecule has 28 heavy (non-hydrogen) atoms. The summed E-state index contributed by atoms with van der Waals surface area (Å²) in [6.45, 7) is 3.39. The van der Waals surface area contributed by atoms with Gasteiger partial charge in [0.2, 0.25) is 23.6 Å². The van der Waals surface area contributed by atoms with E-state index in [0.29, 0.717) is 19.3 Å². The van der Waals surface area contributed by atoms with Crippen molar-refractivity contribution < 1.29 is 29.1 Å². The van der Waals surface area contributed by atoms with Gasteiger partial charge < -0.3 is 32.1 Å². The third kappa shape index (κ3) is 6.19. The van der Waals surface area contributed by atoms with E-state index in [-0.39, 0.29) is 19.0 Å². The molecule has 1 rings (SSSR count). The van der Waals surface area contributed by atoms with Crippen LogP contribution in [0.3, 0.4) is 0 Å².